The molecule has 3 aromatic rings. The maximum atomic E-state index is 12.6. The molecule has 3 heterocycles. The lowest BCUT2D eigenvalue weighted by Crippen LogP contribution is -2.22. The van der Waals surface area contributed by atoms with Gasteiger partial charge in [0.05, 0.1) is 18.5 Å². The van der Waals surface area contributed by atoms with E-state index >= 15 is 0 Å². The molecule has 2 N–H and O–H groups in total. The zero-order valence-corrected chi connectivity index (χ0v) is 17.5. The van der Waals surface area contributed by atoms with E-state index < -0.39 is 0 Å². The Kier molecular flexibility index (Phi) is 6.28. The average molecular weight is 408 g/mol. The summed E-state index contributed by atoms with van der Waals surface area (Å²) in [6, 6.07) is 11.9. The molecule has 0 bridgehead atoms. The van der Waals surface area contributed by atoms with Gasteiger partial charge in [0.1, 0.15) is 5.82 Å². The van der Waals surface area contributed by atoms with Crippen molar-refractivity contribution in [2.24, 2.45) is 0 Å². The van der Waals surface area contributed by atoms with E-state index in [1.165, 1.54) is 37.6 Å². The molecule has 4 rings (SSSR count). The second kappa shape index (κ2) is 9.26. The molecule has 7 heteroatoms. The Morgan fingerprint density at radius 2 is 1.70 bits per heavy atom. The molecule has 0 radical (unpaired) electrons. The predicted octanol–water partition coefficient (Wildman–Crippen LogP) is 3.20. The van der Waals surface area contributed by atoms with Crippen molar-refractivity contribution >= 4 is 16.9 Å². The van der Waals surface area contributed by atoms with E-state index in [2.05, 4.69) is 46.1 Å². The minimum absolute atomic E-state index is 0.124. The number of likely N-dealkylation sites (tertiary alicyclic amines) is 1. The van der Waals surface area contributed by atoms with Crippen LogP contribution in [0, 0.1) is 0 Å². The Balaban J connectivity index is 1.59. The number of hydrogen-bond acceptors (Lipinski definition) is 6. The quantitative estimate of drug-likeness (QED) is 0.577. The van der Waals surface area contributed by atoms with Crippen molar-refractivity contribution in [1.29, 1.82) is 0 Å². The number of hydrogen-bond donors (Lipinski definition) is 1. The molecule has 0 saturated carbocycles. The summed E-state index contributed by atoms with van der Waals surface area (Å²) in [5.41, 5.74) is 8.84. The van der Waals surface area contributed by atoms with Crippen molar-refractivity contribution in [3.05, 3.63) is 57.9 Å². The van der Waals surface area contributed by atoms with Crippen LogP contribution >= 0.6 is 0 Å². The Bertz CT molecular complexity index is 1060. The smallest absolute Gasteiger partial charge is 0.320 e. The van der Waals surface area contributed by atoms with Crippen molar-refractivity contribution in [2.75, 3.05) is 25.4 Å². The summed E-state index contributed by atoms with van der Waals surface area (Å²) in [6.07, 6.45) is 4.50. The normalized spacial score (nSPS) is 14.4. The van der Waals surface area contributed by atoms with E-state index in [1.54, 1.807) is 10.6 Å². The minimum Gasteiger partial charge on any atom is -0.463 e. The van der Waals surface area contributed by atoms with Crippen LogP contribution in [-0.4, -0.2) is 39.1 Å². The van der Waals surface area contributed by atoms with Gasteiger partial charge >= 0.3 is 6.01 Å². The molecular weight excluding hydrogens is 378 g/mol. The summed E-state index contributed by atoms with van der Waals surface area (Å²) >= 11 is 0. The first kappa shape index (κ1) is 20.3. The number of ether oxygens (including phenoxy) is 1. The molecule has 158 valence electrons. The van der Waals surface area contributed by atoms with Gasteiger partial charge in [-0.25, -0.2) is 0 Å². The first-order valence-electron chi connectivity index (χ1n) is 10.7. The van der Waals surface area contributed by atoms with Gasteiger partial charge < -0.3 is 10.5 Å². The molecule has 0 atom stereocenters. The number of rotatable bonds is 8. The SMILES string of the molecule is CCCCOc1nc(N)c2ccc(=O)n(Cc3ccc(CN4CCCC4)cc3)c2n1. The summed E-state index contributed by atoms with van der Waals surface area (Å²) in [4.78, 5) is 23.8. The fraction of sp³-hybridized carbons (Fsp3) is 0.435. The van der Waals surface area contributed by atoms with Gasteiger partial charge in [0, 0.05) is 12.6 Å². The number of benzene rings is 1. The molecule has 0 aliphatic carbocycles. The number of nitrogens with two attached hydrogens (primary N) is 1. The number of unbranched alkanes of at least 4 members (excludes halogenated alkanes) is 1. The van der Waals surface area contributed by atoms with Gasteiger partial charge in [-0.15, -0.1) is 0 Å². The summed E-state index contributed by atoms with van der Waals surface area (Å²) in [6.45, 7) is 6.37. The summed E-state index contributed by atoms with van der Waals surface area (Å²) < 4.78 is 7.27. The first-order chi connectivity index (χ1) is 14.6. The minimum atomic E-state index is -0.124. The predicted molar refractivity (Wildman–Crippen MR) is 119 cm³/mol. The molecule has 1 fully saturated rings. The van der Waals surface area contributed by atoms with Crippen LogP contribution in [0.3, 0.4) is 0 Å². The Labute approximate surface area is 176 Å². The number of fused-ring (bicyclic) bond motifs is 1. The molecule has 0 spiro atoms. The molecular formula is C23H29N5O2. The van der Waals surface area contributed by atoms with Crippen molar-refractivity contribution in [2.45, 2.75) is 45.7 Å². The number of anilines is 1. The zero-order valence-electron chi connectivity index (χ0n) is 17.5. The van der Waals surface area contributed by atoms with E-state index in [-0.39, 0.29) is 11.6 Å². The van der Waals surface area contributed by atoms with Crippen molar-refractivity contribution < 1.29 is 4.74 Å². The van der Waals surface area contributed by atoms with Crippen LogP contribution in [-0.2, 0) is 13.1 Å². The van der Waals surface area contributed by atoms with Crippen molar-refractivity contribution in [3.8, 4) is 6.01 Å². The van der Waals surface area contributed by atoms with Gasteiger partial charge in [-0.2, -0.15) is 9.97 Å². The van der Waals surface area contributed by atoms with Gasteiger partial charge in [0.2, 0.25) is 0 Å². The van der Waals surface area contributed by atoms with Crippen LogP contribution in [0.5, 0.6) is 6.01 Å². The summed E-state index contributed by atoms with van der Waals surface area (Å²) in [7, 11) is 0. The summed E-state index contributed by atoms with van der Waals surface area (Å²) in [5.74, 6) is 0.321. The monoisotopic (exact) mass is 407 g/mol. The van der Waals surface area contributed by atoms with Crippen LogP contribution in [0.15, 0.2) is 41.2 Å². The zero-order chi connectivity index (χ0) is 20.9. The number of nitrogens with zero attached hydrogens (tertiary/aromatic N) is 4. The highest BCUT2D eigenvalue weighted by atomic mass is 16.5. The number of aromatic nitrogens is 3. The fourth-order valence-corrected chi connectivity index (χ4v) is 3.83. The molecule has 0 unspecified atom stereocenters. The van der Waals surface area contributed by atoms with Gasteiger partial charge in [0.15, 0.2) is 5.65 Å². The van der Waals surface area contributed by atoms with Gasteiger partial charge in [-0.1, -0.05) is 37.6 Å². The molecule has 1 aromatic carbocycles. The lowest BCUT2D eigenvalue weighted by atomic mass is 10.1. The van der Waals surface area contributed by atoms with E-state index in [0.717, 1.165) is 24.9 Å². The Hall–Kier alpha value is -2.93. The highest BCUT2D eigenvalue weighted by molar-refractivity contribution is 5.85. The molecule has 1 aliphatic rings. The van der Waals surface area contributed by atoms with E-state index in [9.17, 15) is 4.79 Å². The largest absolute Gasteiger partial charge is 0.463 e. The molecule has 7 nitrogen and oxygen atoms in total. The third-order valence-corrected chi connectivity index (χ3v) is 5.55. The highest BCUT2D eigenvalue weighted by Gasteiger charge is 2.13. The Morgan fingerprint density at radius 3 is 2.40 bits per heavy atom. The summed E-state index contributed by atoms with van der Waals surface area (Å²) in [5, 5.41) is 0.656. The van der Waals surface area contributed by atoms with Crippen molar-refractivity contribution in [3.63, 3.8) is 0 Å². The molecule has 1 saturated heterocycles. The average Bonchev–Trinajstić information content (AvgIpc) is 3.25. The topological polar surface area (TPSA) is 86.3 Å². The van der Waals surface area contributed by atoms with Crippen molar-refractivity contribution in [1.82, 2.24) is 19.4 Å². The fourth-order valence-electron chi connectivity index (χ4n) is 3.83. The van der Waals surface area contributed by atoms with E-state index in [4.69, 9.17) is 10.5 Å². The highest BCUT2D eigenvalue weighted by Crippen LogP contribution is 2.20. The van der Waals surface area contributed by atoms with Crippen LogP contribution < -0.4 is 16.0 Å². The number of pyridine rings is 1. The third kappa shape index (κ3) is 4.62. The molecule has 0 amide bonds. The Morgan fingerprint density at radius 1 is 1.00 bits per heavy atom. The third-order valence-electron chi connectivity index (χ3n) is 5.55. The lowest BCUT2D eigenvalue weighted by Gasteiger charge is -2.15. The van der Waals surface area contributed by atoms with Crippen LogP contribution in [0.2, 0.25) is 0 Å². The molecule has 30 heavy (non-hydrogen) atoms. The standard InChI is InChI=1S/C23H29N5O2/c1-2-3-14-30-23-25-21(24)19-10-11-20(29)28(22(19)26-23)16-18-8-6-17(7-9-18)15-27-12-4-5-13-27/h6-11H,2-5,12-16H2,1H3,(H2,24,25,26). The van der Waals surface area contributed by atoms with Crippen LogP contribution in [0.4, 0.5) is 5.82 Å². The van der Waals surface area contributed by atoms with E-state index in [1.807, 2.05) is 0 Å². The van der Waals surface area contributed by atoms with E-state index in [0.29, 0.717) is 30.0 Å². The van der Waals surface area contributed by atoms with Gasteiger partial charge in [-0.3, -0.25) is 14.3 Å². The van der Waals surface area contributed by atoms with Gasteiger partial charge in [-0.05, 0) is 49.5 Å². The van der Waals surface area contributed by atoms with Crippen LogP contribution in [0.25, 0.3) is 11.0 Å². The lowest BCUT2D eigenvalue weighted by molar-refractivity contribution is 0.286. The maximum absolute atomic E-state index is 12.6. The first-order valence-corrected chi connectivity index (χ1v) is 10.7. The molecule has 2 aromatic heterocycles. The van der Waals surface area contributed by atoms with Crippen LogP contribution in [0.1, 0.15) is 43.7 Å². The second-order valence-electron chi connectivity index (χ2n) is 7.89. The second-order valence-corrected chi connectivity index (χ2v) is 7.89. The molecule has 1 aliphatic heterocycles. The van der Waals surface area contributed by atoms with Gasteiger partial charge in [0.25, 0.3) is 5.56 Å². The number of nitrogen functional groups attached to an aromatic ring is 1. The maximum Gasteiger partial charge on any atom is 0.320 e.